The van der Waals surface area contributed by atoms with Crippen molar-refractivity contribution in [1.29, 1.82) is 0 Å². The van der Waals surface area contributed by atoms with Gasteiger partial charge in [0.05, 0.1) is 5.54 Å². The number of hydrogen-bond acceptors (Lipinski definition) is 2. The molecule has 1 atom stereocenters. The lowest BCUT2D eigenvalue weighted by atomic mass is 9.89. The van der Waals surface area contributed by atoms with Gasteiger partial charge in [-0.1, -0.05) is 26.2 Å². The van der Waals surface area contributed by atoms with Crippen LogP contribution in [0.2, 0.25) is 0 Å². The van der Waals surface area contributed by atoms with Crippen LogP contribution in [0.3, 0.4) is 0 Å². The van der Waals surface area contributed by atoms with Crippen LogP contribution in [-0.2, 0) is 4.79 Å². The Bertz CT molecular complexity index is 278. The average Bonchev–Trinajstić information content (AvgIpc) is 2.91. The molecule has 1 heterocycles. The van der Waals surface area contributed by atoms with Crippen LogP contribution < -0.4 is 5.32 Å². The van der Waals surface area contributed by atoms with Gasteiger partial charge < -0.3 is 10.2 Å². The summed E-state index contributed by atoms with van der Waals surface area (Å²) in [4.78, 5) is 15.1. The summed E-state index contributed by atoms with van der Waals surface area (Å²) in [5.74, 6) is 0.372. The molecule has 1 saturated heterocycles. The summed E-state index contributed by atoms with van der Waals surface area (Å²) in [5.41, 5.74) is -0.243. The summed E-state index contributed by atoms with van der Waals surface area (Å²) >= 11 is 0. The molecule has 1 aliphatic carbocycles. The highest BCUT2D eigenvalue weighted by atomic mass is 16.2. The second kappa shape index (κ2) is 6.05. The lowest BCUT2D eigenvalue weighted by Gasteiger charge is -2.39. The Morgan fingerprint density at radius 2 is 1.94 bits per heavy atom. The Kier molecular flexibility index (Phi) is 4.66. The molecule has 0 aromatic rings. The molecule has 104 valence electrons. The van der Waals surface area contributed by atoms with Crippen molar-refractivity contribution in [3.8, 4) is 0 Å². The second-order valence-electron chi connectivity index (χ2n) is 5.85. The molecule has 0 aromatic carbocycles. The first kappa shape index (κ1) is 13.9. The van der Waals surface area contributed by atoms with Crippen molar-refractivity contribution in [3.05, 3.63) is 0 Å². The summed E-state index contributed by atoms with van der Waals surface area (Å²) in [7, 11) is 0. The van der Waals surface area contributed by atoms with Crippen molar-refractivity contribution >= 4 is 5.91 Å². The van der Waals surface area contributed by atoms with E-state index in [1.54, 1.807) is 0 Å². The highest BCUT2D eigenvalue weighted by molar-refractivity contribution is 5.87. The molecule has 1 amide bonds. The maximum absolute atomic E-state index is 12.9. The molecule has 3 heteroatoms. The molecule has 2 rings (SSSR count). The third-order valence-corrected chi connectivity index (χ3v) is 4.87. The number of rotatable bonds is 4. The first-order valence-corrected chi connectivity index (χ1v) is 7.79. The largest absolute Gasteiger partial charge is 0.338 e. The smallest absolute Gasteiger partial charge is 0.243 e. The van der Waals surface area contributed by atoms with Gasteiger partial charge >= 0.3 is 0 Å². The molecule has 0 radical (unpaired) electrons. The van der Waals surface area contributed by atoms with Crippen LogP contribution in [0.25, 0.3) is 0 Å². The Hall–Kier alpha value is -0.570. The van der Waals surface area contributed by atoms with Gasteiger partial charge in [0.2, 0.25) is 5.91 Å². The topological polar surface area (TPSA) is 32.3 Å². The summed E-state index contributed by atoms with van der Waals surface area (Å²) in [5, 5.41) is 3.48. The Labute approximate surface area is 111 Å². The van der Waals surface area contributed by atoms with Gasteiger partial charge in [0.1, 0.15) is 0 Å². The third-order valence-electron chi connectivity index (χ3n) is 4.87. The van der Waals surface area contributed by atoms with Gasteiger partial charge in [0.25, 0.3) is 0 Å². The van der Waals surface area contributed by atoms with Crippen LogP contribution in [-0.4, -0.2) is 35.5 Å². The number of nitrogens with zero attached hydrogens (tertiary/aromatic N) is 1. The minimum absolute atomic E-state index is 0.243. The number of carbonyl (C=O) groups is 1. The van der Waals surface area contributed by atoms with Crippen LogP contribution in [0, 0.1) is 0 Å². The molecule has 0 bridgehead atoms. The van der Waals surface area contributed by atoms with E-state index in [4.69, 9.17) is 0 Å². The number of hydrogen-bond donors (Lipinski definition) is 1. The molecule has 1 N–H and O–H groups in total. The van der Waals surface area contributed by atoms with E-state index in [0.29, 0.717) is 11.9 Å². The van der Waals surface area contributed by atoms with Crippen LogP contribution in [0.4, 0.5) is 0 Å². The second-order valence-corrected chi connectivity index (χ2v) is 5.85. The molecule has 3 nitrogen and oxygen atoms in total. The van der Waals surface area contributed by atoms with Gasteiger partial charge in [-0.2, -0.15) is 0 Å². The maximum Gasteiger partial charge on any atom is 0.243 e. The van der Waals surface area contributed by atoms with Crippen molar-refractivity contribution in [2.24, 2.45) is 0 Å². The summed E-state index contributed by atoms with van der Waals surface area (Å²) in [6.07, 6.45) is 9.43. The Morgan fingerprint density at radius 3 is 2.44 bits per heavy atom. The maximum atomic E-state index is 12.9. The molecular weight excluding hydrogens is 224 g/mol. The zero-order chi connectivity index (χ0) is 13.0. The van der Waals surface area contributed by atoms with E-state index in [-0.39, 0.29) is 5.54 Å². The van der Waals surface area contributed by atoms with E-state index in [0.717, 1.165) is 32.4 Å². The average molecular weight is 252 g/mol. The van der Waals surface area contributed by atoms with E-state index in [1.807, 2.05) is 0 Å². The van der Waals surface area contributed by atoms with E-state index < -0.39 is 0 Å². The SMILES string of the molecule is CCN(C(=O)C1(CC)CCCN1)C1CCCCC1. The lowest BCUT2D eigenvalue weighted by Crippen LogP contribution is -2.57. The first-order chi connectivity index (χ1) is 8.73. The van der Waals surface area contributed by atoms with Crippen molar-refractivity contribution in [2.75, 3.05) is 13.1 Å². The molecule has 0 aromatic heterocycles. The molecule has 1 aliphatic heterocycles. The molecule has 2 aliphatic rings. The standard InChI is InChI=1S/C15H28N2O/c1-3-15(11-8-12-16-15)14(18)17(4-2)13-9-6-5-7-10-13/h13,16H,3-12H2,1-2H3. The first-order valence-electron chi connectivity index (χ1n) is 7.79. The third kappa shape index (κ3) is 2.56. The quantitative estimate of drug-likeness (QED) is 0.834. The minimum Gasteiger partial charge on any atom is -0.338 e. The summed E-state index contributed by atoms with van der Waals surface area (Å²) < 4.78 is 0. The summed E-state index contributed by atoms with van der Waals surface area (Å²) in [6, 6.07) is 0.502. The molecule has 18 heavy (non-hydrogen) atoms. The number of carbonyl (C=O) groups excluding carboxylic acids is 1. The van der Waals surface area contributed by atoms with Crippen LogP contribution in [0.5, 0.6) is 0 Å². The van der Waals surface area contributed by atoms with Gasteiger partial charge in [-0.25, -0.2) is 0 Å². The molecule has 2 fully saturated rings. The van der Waals surface area contributed by atoms with Crippen molar-refractivity contribution in [3.63, 3.8) is 0 Å². The highest BCUT2D eigenvalue weighted by Gasteiger charge is 2.43. The van der Waals surface area contributed by atoms with Gasteiger partial charge in [0, 0.05) is 12.6 Å². The van der Waals surface area contributed by atoms with Crippen LogP contribution >= 0.6 is 0 Å². The Balaban J connectivity index is 2.08. The van der Waals surface area contributed by atoms with Gasteiger partial charge in [-0.05, 0) is 45.6 Å². The Morgan fingerprint density at radius 1 is 1.22 bits per heavy atom. The fourth-order valence-corrected chi connectivity index (χ4v) is 3.68. The zero-order valence-corrected chi connectivity index (χ0v) is 12.0. The van der Waals surface area contributed by atoms with Crippen LogP contribution in [0.1, 0.15) is 65.2 Å². The number of nitrogens with one attached hydrogen (secondary N) is 1. The van der Waals surface area contributed by atoms with Crippen molar-refractivity contribution in [2.45, 2.75) is 76.8 Å². The number of likely N-dealkylation sites (N-methyl/N-ethyl adjacent to an activating group) is 1. The zero-order valence-electron chi connectivity index (χ0n) is 12.0. The molecular formula is C15H28N2O. The normalized spacial score (nSPS) is 29.4. The molecule has 1 unspecified atom stereocenters. The lowest BCUT2D eigenvalue weighted by molar-refractivity contribution is -0.141. The van der Waals surface area contributed by atoms with Gasteiger partial charge in [-0.15, -0.1) is 0 Å². The van der Waals surface area contributed by atoms with E-state index >= 15 is 0 Å². The fourth-order valence-electron chi connectivity index (χ4n) is 3.68. The van der Waals surface area contributed by atoms with E-state index in [1.165, 1.54) is 32.1 Å². The van der Waals surface area contributed by atoms with Crippen molar-refractivity contribution < 1.29 is 4.79 Å². The van der Waals surface area contributed by atoms with E-state index in [9.17, 15) is 4.79 Å². The van der Waals surface area contributed by atoms with Crippen molar-refractivity contribution in [1.82, 2.24) is 10.2 Å². The van der Waals surface area contributed by atoms with Crippen LogP contribution in [0.15, 0.2) is 0 Å². The predicted molar refractivity (Wildman–Crippen MR) is 74.5 cm³/mol. The minimum atomic E-state index is -0.243. The number of amides is 1. The predicted octanol–water partition coefficient (Wildman–Crippen LogP) is 2.70. The highest BCUT2D eigenvalue weighted by Crippen LogP contribution is 2.29. The molecule has 0 spiro atoms. The van der Waals surface area contributed by atoms with E-state index in [2.05, 4.69) is 24.1 Å². The summed E-state index contributed by atoms with van der Waals surface area (Å²) in [6.45, 7) is 6.14. The monoisotopic (exact) mass is 252 g/mol. The van der Waals surface area contributed by atoms with Gasteiger partial charge in [-0.3, -0.25) is 4.79 Å². The fraction of sp³-hybridized carbons (Fsp3) is 0.933. The van der Waals surface area contributed by atoms with Gasteiger partial charge in [0.15, 0.2) is 0 Å². The molecule has 1 saturated carbocycles.